The summed E-state index contributed by atoms with van der Waals surface area (Å²) in [4.78, 5) is 15.9. The van der Waals surface area contributed by atoms with E-state index in [9.17, 15) is 9.18 Å². The summed E-state index contributed by atoms with van der Waals surface area (Å²) in [6, 6.07) is 16.5. The molecule has 166 valence electrons. The zero-order valence-corrected chi connectivity index (χ0v) is 19.3. The van der Waals surface area contributed by atoms with E-state index in [1.54, 1.807) is 17.8 Å². The second-order valence-corrected chi connectivity index (χ2v) is 9.36. The van der Waals surface area contributed by atoms with Gasteiger partial charge in [0.05, 0.1) is 0 Å². The van der Waals surface area contributed by atoms with Crippen LogP contribution in [0, 0.1) is 18.7 Å². The molecular weight excluding hydrogens is 447 g/mol. The molecule has 0 spiro atoms. The van der Waals surface area contributed by atoms with Gasteiger partial charge in [-0.05, 0) is 61.7 Å². The number of piperidine rings is 1. The van der Waals surface area contributed by atoms with Gasteiger partial charge in [-0.25, -0.2) is 4.39 Å². The molecule has 32 heavy (non-hydrogen) atoms. The van der Waals surface area contributed by atoms with Crippen molar-refractivity contribution in [3.05, 3.63) is 76.6 Å². The fourth-order valence-electron chi connectivity index (χ4n) is 3.70. The molecule has 2 aromatic carbocycles. The van der Waals surface area contributed by atoms with Gasteiger partial charge in [0.2, 0.25) is 5.91 Å². The van der Waals surface area contributed by atoms with Gasteiger partial charge in [0.15, 0.2) is 5.82 Å². The molecule has 0 unspecified atom stereocenters. The van der Waals surface area contributed by atoms with Gasteiger partial charge in [0.25, 0.3) is 0 Å². The lowest BCUT2D eigenvalue weighted by molar-refractivity contribution is -0.125. The van der Waals surface area contributed by atoms with Crippen LogP contribution in [0.4, 0.5) is 10.2 Å². The van der Waals surface area contributed by atoms with Crippen LogP contribution in [-0.4, -0.2) is 29.2 Å². The lowest BCUT2D eigenvalue weighted by Crippen LogP contribution is -2.40. The molecule has 0 aliphatic carbocycles. The molecule has 1 aromatic heterocycles. The van der Waals surface area contributed by atoms with E-state index in [0.717, 1.165) is 41.7 Å². The SMILES string of the molecule is Cc1cccc(Sc2ccc(N3CCC(C(=O)NCc4ccc(F)cc4Cl)CC3)nn2)c1. The maximum absolute atomic E-state index is 13.2. The van der Waals surface area contributed by atoms with Gasteiger partial charge in [0.1, 0.15) is 10.8 Å². The summed E-state index contributed by atoms with van der Waals surface area (Å²) in [5.74, 6) is 0.383. The quantitative estimate of drug-likeness (QED) is 0.532. The first-order chi connectivity index (χ1) is 15.5. The topological polar surface area (TPSA) is 58.1 Å². The number of hydrogen-bond acceptors (Lipinski definition) is 5. The molecular formula is C24H24ClFN4OS. The van der Waals surface area contributed by atoms with Crippen LogP contribution in [0.15, 0.2) is 64.5 Å². The fourth-order valence-corrected chi connectivity index (χ4v) is 4.78. The first-order valence-corrected chi connectivity index (χ1v) is 11.7. The molecule has 3 aromatic rings. The molecule has 0 atom stereocenters. The van der Waals surface area contributed by atoms with Gasteiger partial charge >= 0.3 is 0 Å². The van der Waals surface area contributed by atoms with Crippen LogP contribution in [0.3, 0.4) is 0 Å². The van der Waals surface area contributed by atoms with E-state index in [4.69, 9.17) is 11.6 Å². The van der Waals surface area contributed by atoms with Crippen LogP contribution in [0.25, 0.3) is 0 Å². The van der Waals surface area contributed by atoms with Crippen molar-refractivity contribution in [1.29, 1.82) is 0 Å². The van der Waals surface area contributed by atoms with Crippen molar-refractivity contribution in [2.24, 2.45) is 5.92 Å². The van der Waals surface area contributed by atoms with Gasteiger partial charge < -0.3 is 10.2 Å². The number of nitrogens with one attached hydrogen (secondary N) is 1. The van der Waals surface area contributed by atoms with Gasteiger partial charge in [-0.1, -0.05) is 47.1 Å². The summed E-state index contributed by atoms with van der Waals surface area (Å²) in [5, 5.41) is 12.9. The minimum atomic E-state index is -0.387. The largest absolute Gasteiger partial charge is 0.355 e. The van der Waals surface area contributed by atoms with Crippen molar-refractivity contribution >= 4 is 35.1 Å². The average Bonchev–Trinajstić information content (AvgIpc) is 2.79. The standard InChI is InChI=1S/C24H24ClFN4OS/c1-16-3-2-4-20(13-16)32-23-8-7-22(28-29-23)30-11-9-17(10-12-30)24(31)27-15-18-5-6-19(26)14-21(18)25/h2-8,13-14,17H,9-12,15H2,1H3,(H,27,31). The van der Waals surface area contributed by atoms with Gasteiger partial charge in [-0.2, -0.15) is 0 Å². The lowest BCUT2D eigenvalue weighted by Gasteiger charge is -2.31. The highest BCUT2D eigenvalue weighted by Crippen LogP contribution is 2.28. The summed E-state index contributed by atoms with van der Waals surface area (Å²) in [7, 11) is 0. The van der Waals surface area contributed by atoms with E-state index in [1.807, 2.05) is 18.2 Å². The summed E-state index contributed by atoms with van der Waals surface area (Å²) in [6.45, 7) is 3.85. The maximum Gasteiger partial charge on any atom is 0.223 e. The Morgan fingerprint density at radius 3 is 2.66 bits per heavy atom. The van der Waals surface area contributed by atoms with Crippen molar-refractivity contribution < 1.29 is 9.18 Å². The zero-order chi connectivity index (χ0) is 22.5. The third kappa shape index (κ3) is 5.78. The Hall–Kier alpha value is -2.64. The van der Waals surface area contributed by atoms with Crippen LogP contribution < -0.4 is 10.2 Å². The van der Waals surface area contributed by atoms with Gasteiger partial charge in [0, 0.05) is 35.5 Å². The molecule has 1 amide bonds. The monoisotopic (exact) mass is 470 g/mol. The van der Waals surface area contributed by atoms with Crippen molar-refractivity contribution in [3.8, 4) is 0 Å². The number of hydrogen-bond donors (Lipinski definition) is 1. The number of aryl methyl sites for hydroxylation is 1. The number of aromatic nitrogens is 2. The van der Waals surface area contributed by atoms with Gasteiger partial charge in [-0.15, -0.1) is 10.2 Å². The van der Waals surface area contributed by atoms with Crippen molar-refractivity contribution in [2.75, 3.05) is 18.0 Å². The van der Waals surface area contributed by atoms with E-state index in [1.165, 1.54) is 17.7 Å². The first kappa shape index (κ1) is 22.6. The smallest absolute Gasteiger partial charge is 0.223 e. The fraction of sp³-hybridized carbons (Fsp3) is 0.292. The lowest BCUT2D eigenvalue weighted by atomic mass is 9.96. The zero-order valence-electron chi connectivity index (χ0n) is 17.7. The normalized spacial score (nSPS) is 14.4. The van der Waals surface area contributed by atoms with E-state index in [-0.39, 0.29) is 17.6 Å². The Morgan fingerprint density at radius 1 is 1.16 bits per heavy atom. The number of nitrogens with zero attached hydrogens (tertiary/aromatic N) is 3. The molecule has 4 rings (SSSR count). The Kier molecular flexibility index (Phi) is 7.27. The molecule has 0 radical (unpaired) electrons. The first-order valence-electron chi connectivity index (χ1n) is 10.5. The van der Waals surface area contributed by atoms with E-state index < -0.39 is 0 Å². The molecule has 1 saturated heterocycles. The second kappa shape index (κ2) is 10.3. The predicted octanol–water partition coefficient (Wildman–Crippen LogP) is 5.26. The minimum absolute atomic E-state index is 0.000952. The molecule has 0 saturated carbocycles. The molecule has 1 fully saturated rings. The Bertz CT molecular complexity index is 1090. The molecule has 5 nitrogen and oxygen atoms in total. The summed E-state index contributed by atoms with van der Waals surface area (Å²) in [5.41, 5.74) is 1.92. The van der Waals surface area contributed by atoms with E-state index in [2.05, 4.69) is 45.5 Å². The number of amides is 1. The van der Waals surface area contributed by atoms with Crippen LogP contribution in [0.2, 0.25) is 5.02 Å². The summed E-state index contributed by atoms with van der Waals surface area (Å²) in [6.07, 6.45) is 1.48. The predicted molar refractivity (Wildman–Crippen MR) is 126 cm³/mol. The summed E-state index contributed by atoms with van der Waals surface area (Å²) < 4.78 is 13.2. The number of carbonyl (C=O) groups excluding carboxylic acids is 1. The van der Waals surface area contributed by atoms with Gasteiger partial charge in [-0.3, -0.25) is 4.79 Å². The molecule has 1 N–H and O–H groups in total. The van der Waals surface area contributed by atoms with Crippen molar-refractivity contribution in [1.82, 2.24) is 15.5 Å². The maximum atomic E-state index is 13.2. The van der Waals surface area contributed by atoms with Crippen molar-refractivity contribution in [3.63, 3.8) is 0 Å². The molecule has 2 heterocycles. The van der Waals surface area contributed by atoms with Crippen LogP contribution in [-0.2, 0) is 11.3 Å². The molecule has 1 aliphatic heterocycles. The Labute approximate surface area is 196 Å². The van der Waals surface area contributed by atoms with Crippen molar-refractivity contribution in [2.45, 2.75) is 36.2 Å². The highest BCUT2D eigenvalue weighted by atomic mass is 35.5. The number of benzene rings is 2. The average molecular weight is 471 g/mol. The highest BCUT2D eigenvalue weighted by Gasteiger charge is 2.25. The number of rotatable bonds is 6. The Balaban J connectivity index is 1.27. The second-order valence-electron chi connectivity index (χ2n) is 7.86. The highest BCUT2D eigenvalue weighted by molar-refractivity contribution is 7.99. The molecule has 0 bridgehead atoms. The van der Waals surface area contributed by atoms with E-state index in [0.29, 0.717) is 17.1 Å². The Morgan fingerprint density at radius 2 is 1.97 bits per heavy atom. The minimum Gasteiger partial charge on any atom is -0.355 e. The molecule has 1 aliphatic rings. The number of halogens is 2. The summed E-state index contributed by atoms with van der Waals surface area (Å²) >= 11 is 7.63. The number of anilines is 1. The molecule has 8 heteroatoms. The van der Waals surface area contributed by atoms with Crippen LogP contribution in [0.1, 0.15) is 24.0 Å². The van der Waals surface area contributed by atoms with Crippen LogP contribution >= 0.6 is 23.4 Å². The van der Waals surface area contributed by atoms with Crippen LogP contribution in [0.5, 0.6) is 0 Å². The number of carbonyl (C=O) groups is 1. The van der Waals surface area contributed by atoms with E-state index >= 15 is 0 Å². The third-order valence-corrected chi connectivity index (χ3v) is 6.76. The third-order valence-electron chi connectivity index (χ3n) is 5.50.